The maximum atomic E-state index is 5.77. The second kappa shape index (κ2) is 4.40. The summed E-state index contributed by atoms with van der Waals surface area (Å²) in [6.45, 7) is 1.85. The monoisotopic (exact) mass is 236 g/mol. The molecule has 0 spiro atoms. The van der Waals surface area contributed by atoms with Crippen LogP contribution in [0.4, 0.5) is 0 Å². The Hall–Kier alpha value is -1.75. The van der Waals surface area contributed by atoms with Gasteiger partial charge in [-0.2, -0.15) is 0 Å². The van der Waals surface area contributed by atoms with Gasteiger partial charge in [0, 0.05) is 23.7 Å². The molecular weight excluding hydrogens is 228 g/mol. The Morgan fingerprint density at radius 3 is 2.44 bits per heavy atom. The number of rotatable bonds is 2. The molecule has 0 aromatic carbocycles. The van der Waals surface area contributed by atoms with Crippen LogP contribution in [0.2, 0.25) is 5.28 Å². The van der Waals surface area contributed by atoms with E-state index in [1.807, 2.05) is 13.0 Å². The number of aryl methyl sites for hydroxylation is 1. The van der Waals surface area contributed by atoms with Crippen molar-refractivity contribution in [2.75, 3.05) is 7.11 Å². The zero-order valence-corrected chi connectivity index (χ0v) is 9.56. The summed E-state index contributed by atoms with van der Waals surface area (Å²) in [5, 5.41) is 0.214. The standard InChI is InChI=1S/C10H9ClN4O/c1-6-3-8(15-9(11)14-6)7-4-12-10(16-2)13-5-7/h3-5H,1-2H3. The van der Waals surface area contributed by atoms with Crippen LogP contribution < -0.4 is 4.74 Å². The average Bonchev–Trinajstić information content (AvgIpc) is 2.28. The molecule has 0 atom stereocenters. The second-order valence-corrected chi connectivity index (χ2v) is 3.46. The molecule has 0 N–H and O–H groups in total. The molecule has 0 fully saturated rings. The molecule has 0 aliphatic heterocycles. The van der Waals surface area contributed by atoms with Gasteiger partial charge in [0.2, 0.25) is 5.28 Å². The van der Waals surface area contributed by atoms with Gasteiger partial charge in [-0.3, -0.25) is 0 Å². The van der Waals surface area contributed by atoms with Gasteiger partial charge in [-0.1, -0.05) is 0 Å². The van der Waals surface area contributed by atoms with Crippen molar-refractivity contribution in [3.05, 3.63) is 29.4 Å². The first-order chi connectivity index (χ1) is 7.69. The van der Waals surface area contributed by atoms with Gasteiger partial charge in [0.15, 0.2) is 0 Å². The number of hydrogen-bond donors (Lipinski definition) is 0. The summed E-state index contributed by atoms with van der Waals surface area (Å²) in [7, 11) is 1.51. The normalized spacial score (nSPS) is 10.2. The third-order valence-electron chi connectivity index (χ3n) is 1.93. The van der Waals surface area contributed by atoms with Crippen LogP contribution in [-0.2, 0) is 0 Å². The van der Waals surface area contributed by atoms with Crippen molar-refractivity contribution in [3.63, 3.8) is 0 Å². The summed E-state index contributed by atoms with van der Waals surface area (Å²) in [4.78, 5) is 16.1. The second-order valence-electron chi connectivity index (χ2n) is 3.12. The molecule has 0 aliphatic carbocycles. The lowest BCUT2D eigenvalue weighted by atomic mass is 10.2. The van der Waals surface area contributed by atoms with E-state index in [4.69, 9.17) is 16.3 Å². The minimum Gasteiger partial charge on any atom is -0.467 e. The molecule has 2 aromatic heterocycles. The van der Waals surface area contributed by atoms with Gasteiger partial charge in [-0.25, -0.2) is 19.9 Å². The van der Waals surface area contributed by atoms with E-state index in [2.05, 4.69) is 19.9 Å². The maximum Gasteiger partial charge on any atom is 0.316 e. The molecule has 2 aromatic rings. The van der Waals surface area contributed by atoms with Gasteiger partial charge in [-0.05, 0) is 24.6 Å². The molecule has 6 heteroatoms. The molecule has 82 valence electrons. The zero-order chi connectivity index (χ0) is 11.5. The van der Waals surface area contributed by atoms with E-state index in [9.17, 15) is 0 Å². The topological polar surface area (TPSA) is 60.8 Å². The highest BCUT2D eigenvalue weighted by molar-refractivity contribution is 6.28. The van der Waals surface area contributed by atoms with Gasteiger partial charge in [0.25, 0.3) is 0 Å². The molecule has 2 rings (SSSR count). The lowest BCUT2D eigenvalue weighted by Gasteiger charge is -2.02. The fourth-order valence-corrected chi connectivity index (χ4v) is 1.46. The Morgan fingerprint density at radius 1 is 1.19 bits per heavy atom. The number of nitrogens with zero attached hydrogens (tertiary/aromatic N) is 4. The van der Waals surface area contributed by atoms with Gasteiger partial charge >= 0.3 is 6.01 Å². The molecule has 0 saturated carbocycles. The fraction of sp³-hybridized carbons (Fsp3) is 0.200. The highest BCUT2D eigenvalue weighted by Gasteiger charge is 2.04. The molecule has 16 heavy (non-hydrogen) atoms. The number of hydrogen-bond acceptors (Lipinski definition) is 5. The van der Waals surface area contributed by atoms with Crippen molar-refractivity contribution < 1.29 is 4.74 Å². The molecule has 0 radical (unpaired) electrons. The largest absolute Gasteiger partial charge is 0.467 e. The number of methoxy groups -OCH3 is 1. The number of halogens is 1. The van der Waals surface area contributed by atoms with E-state index >= 15 is 0 Å². The predicted molar refractivity (Wildman–Crippen MR) is 59.4 cm³/mol. The molecule has 0 amide bonds. The Morgan fingerprint density at radius 2 is 1.88 bits per heavy atom. The summed E-state index contributed by atoms with van der Waals surface area (Å²) in [6.07, 6.45) is 3.26. The molecule has 0 bridgehead atoms. The number of aromatic nitrogens is 4. The predicted octanol–water partition coefficient (Wildman–Crippen LogP) is 1.90. The quantitative estimate of drug-likeness (QED) is 0.746. The Kier molecular flexibility index (Phi) is 2.96. The van der Waals surface area contributed by atoms with Crippen molar-refractivity contribution >= 4 is 11.6 Å². The Balaban J connectivity index is 2.42. The van der Waals surface area contributed by atoms with E-state index in [-0.39, 0.29) is 5.28 Å². The summed E-state index contributed by atoms with van der Waals surface area (Å²) < 4.78 is 4.87. The summed E-state index contributed by atoms with van der Waals surface area (Å²) >= 11 is 5.77. The van der Waals surface area contributed by atoms with Crippen molar-refractivity contribution in [1.29, 1.82) is 0 Å². The Labute approximate surface area is 97.5 Å². The molecule has 0 saturated heterocycles. The molecular formula is C10H9ClN4O. The summed E-state index contributed by atoms with van der Waals surface area (Å²) in [6, 6.07) is 2.14. The SMILES string of the molecule is COc1ncc(-c2cc(C)nc(Cl)n2)cn1. The van der Waals surface area contributed by atoms with Gasteiger partial charge in [0.1, 0.15) is 0 Å². The maximum absolute atomic E-state index is 5.77. The highest BCUT2D eigenvalue weighted by Crippen LogP contribution is 2.18. The van der Waals surface area contributed by atoms with Gasteiger partial charge in [-0.15, -0.1) is 0 Å². The van der Waals surface area contributed by atoms with Crippen LogP contribution in [0.3, 0.4) is 0 Å². The highest BCUT2D eigenvalue weighted by atomic mass is 35.5. The van der Waals surface area contributed by atoms with E-state index in [1.54, 1.807) is 12.4 Å². The van der Waals surface area contributed by atoms with Crippen LogP contribution in [0.25, 0.3) is 11.3 Å². The van der Waals surface area contributed by atoms with Crippen LogP contribution in [0.15, 0.2) is 18.5 Å². The minimum atomic E-state index is 0.214. The molecule has 2 heterocycles. The third-order valence-corrected chi connectivity index (χ3v) is 2.10. The first-order valence-electron chi connectivity index (χ1n) is 4.56. The van der Waals surface area contributed by atoms with Gasteiger partial charge < -0.3 is 4.74 Å². The summed E-state index contributed by atoms with van der Waals surface area (Å²) in [5.74, 6) is 0. The molecule has 0 aliphatic rings. The van der Waals surface area contributed by atoms with Crippen LogP contribution in [0, 0.1) is 6.92 Å². The van der Waals surface area contributed by atoms with Gasteiger partial charge in [0.05, 0.1) is 12.8 Å². The average molecular weight is 237 g/mol. The molecule has 0 unspecified atom stereocenters. The van der Waals surface area contributed by atoms with Crippen molar-refractivity contribution in [1.82, 2.24) is 19.9 Å². The fourth-order valence-electron chi connectivity index (χ4n) is 1.23. The van der Waals surface area contributed by atoms with Crippen LogP contribution in [0.5, 0.6) is 6.01 Å². The summed E-state index contributed by atoms with van der Waals surface area (Å²) in [5.41, 5.74) is 2.26. The first kappa shape index (κ1) is 10.8. The lowest BCUT2D eigenvalue weighted by Crippen LogP contribution is -1.94. The van der Waals surface area contributed by atoms with E-state index < -0.39 is 0 Å². The van der Waals surface area contributed by atoms with E-state index in [1.165, 1.54) is 7.11 Å². The van der Waals surface area contributed by atoms with Crippen molar-refractivity contribution in [3.8, 4) is 17.3 Å². The minimum absolute atomic E-state index is 0.214. The number of ether oxygens (including phenoxy) is 1. The first-order valence-corrected chi connectivity index (χ1v) is 4.94. The van der Waals surface area contributed by atoms with E-state index in [0.29, 0.717) is 11.7 Å². The third kappa shape index (κ3) is 2.25. The lowest BCUT2D eigenvalue weighted by molar-refractivity contribution is 0.380. The Bertz CT molecular complexity index is 480. The van der Waals surface area contributed by atoms with Crippen LogP contribution in [-0.4, -0.2) is 27.0 Å². The van der Waals surface area contributed by atoms with Crippen molar-refractivity contribution in [2.45, 2.75) is 6.92 Å². The van der Waals surface area contributed by atoms with Crippen molar-refractivity contribution in [2.24, 2.45) is 0 Å². The smallest absolute Gasteiger partial charge is 0.316 e. The zero-order valence-electron chi connectivity index (χ0n) is 8.81. The van der Waals surface area contributed by atoms with E-state index in [0.717, 1.165) is 11.3 Å². The molecule has 5 nitrogen and oxygen atoms in total. The van der Waals surface area contributed by atoms with Crippen LogP contribution in [0.1, 0.15) is 5.69 Å². The van der Waals surface area contributed by atoms with Crippen LogP contribution >= 0.6 is 11.6 Å².